The molecule has 0 aliphatic carbocycles. The largest absolute Gasteiger partial charge is 0.507 e. The molecular weight excluding hydrogens is 300 g/mol. The SMILES string of the molecule is COc1ccc(-c2coc3cc(C(=O)O)cc(O)c3c2=O)cc1. The van der Waals surface area contributed by atoms with Crippen molar-refractivity contribution < 1.29 is 24.2 Å². The molecule has 0 saturated carbocycles. The molecule has 1 aromatic heterocycles. The molecule has 0 fully saturated rings. The predicted molar refractivity (Wildman–Crippen MR) is 83.1 cm³/mol. The number of rotatable bonds is 3. The van der Waals surface area contributed by atoms with Crippen LogP contribution in [0, 0.1) is 0 Å². The van der Waals surface area contributed by atoms with E-state index in [4.69, 9.17) is 14.3 Å². The number of ether oxygens (including phenoxy) is 1. The maximum atomic E-state index is 12.6. The molecule has 6 heteroatoms. The monoisotopic (exact) mass is 312 g/mol. The van der Waals surface area contributed by atoms with E-state index in [9.17, 15) is 14.7 Å². The van der Waals surface area contributed by atoms with E-state index in [-0.39, 0.29) is 22.1 Å². The topological polar surface area (TPSA) is 97.0 Å². The molecule has 2 N–H and O–H groups in total. The van der Waals surface area contributed by atoms with E-state index in [0.29, 0.717) is 11.3 Å². The summed E-state index contributed by atoms with van der Waals surface area (Å²) in [6, 6.07) is 9.02. The van der Waals surface area contributed by atoms with Gasteiger partial charge in [-0.25, -0.2) is 4.79 Å². The Morgan fingerprint density at radius 2 is 1.87 bits per heavy atom. The molecule has 0 aliphatic heterocycles. The summed E-state index contributed by atoms with van der Waals surface area (Å²) in [6.07, 6.45) is 1.25. The Morgan fingerprint density at radius 3 is 2.48 bits per heavy atom. The zero-order valence-electron chi connectivity index (χ0n) is 12.1. The summed E-state index contributed by atoms with van der Waals surface area (Å²) >= 11 is 0. The summed E-state index contributed by atoms with van der Waals surface area (Å²) in [6.45, 7) is 0. The molecule has 3 aromatic rings. The van der Waals surface area contributed by atoms with Crippen LogP contribution in [-0.4, -0.2) is 23.3 Å². The Balaban J connectivity index is 2.22. The highest BCUT2D eigenvalue weighted by Crippen LogP contribution is 2.27. The van der Waals surface area contributed by atoms with Gasteiger partial charge in [-0.3, -0.25) is 4.79 Å². The number of benzene rings is 2. The van der Waals surface area contributed by atoms with Gasteiger partial charge in [0.15, 0.2) is 0 Å². The first-order chi connectivity index (χ1) is 11.0. The smallest absolute Gasteiger partial charge is 0.335 e. The third-order valence-electron chi connectivity index (χ3n) is 3.50. The number of phenolic OH excluding ortho intramolecular Hbond substituents is 1. The summed E-state index contributed by atoms with van der Waals surface area (Å²) in [4.78, 5) is 23.6. The lowest BCUT2D eigenvalue weighted by atomic mass is 10.0. The summed E-state index contributed by atoms with van der Waals surface area (Å²) in [5.74, 6) is -0.999. The number of hydrogen-bond donors (Lipinski definition) is 2. The first-order valence-corrected chi connectivity index (χ1v) is 6.67. The van der Waals surface area contributed by atoms with Gasteiger partial charge in [0.1, 0.15) is 28.7 Å². The molecule has 0 radical (unpaired) electrons. The predicted octanol–water partition coefficient (Wildman–Crippen LogP) is 2.87. The van der Waals surface area contributed by atoms with Crippen LogP contribution in [0.25, 0.3) is 22.1 Å². The normalized spacial score (nSPS) is 10.7. The molecule has 2 aromatic carbocycles. The molecule has 0 spiro atoms. The molecule has 0 bridgehead atoms. The number of hydrogen-bond acceptors (Lipinski definition) is 5. The Bertz CT molecular complexity index is 953. The van der Waals surface area contributed by atoms with Crippen LogP contribution in [0.5, 0.6) is 11.5 Å². The van der Waals surface area contributed by atoms with Crippen molar-refractivity contribution in [3.63, 3.8) is 0 Å². The minimum Gasteiger partial charge on any atom is -0.507 e. The van der Waals surface area contributed by atoms with Crippen molar-refractivity contribution in [1.29, 1.82) is 0 Å². The molecular formula is C17H12O6. The van der Waals surface area contributed by atoms with Gasteiger partial charge in [0.25, 0.3) is 0 Å². The highest BCUT2D eigenvalue weighted by atomic mass is 16.5. The number of aromatic hydroxyl groups is 1. The van der Waals surface area contributed by atoms with E-state index in [2.05, 4.69) is 0 Å². The molecule has 116 valence electrons. The lowest BCUT2D eigenvalue weighted by Crippen LogP contribution is -2.06. The van der Waals surface area contributed by atoms with E-state index in [1.165, 1.54) is 19.4 Å². The molecule has 3 rings (SSSR count). The van der Waals surface area contributed by atoms with Crippen molar-refractivity contribution in [3.8, 4) is 22.6 Å². The minimum absolute atomic E-state index is 0.0182. The van der Waals surface area contributed by atoms with Crippen LogP contribution in [0.3, 0.4) is 0 Å². The van der Waals surface area contributed by atoms with Gasteiger partial charge in [0.05, 0.1) is 18.2 Å². The van der Waals surface area contributed by atoms with Crippen molar-refractivity contribution in [2.24, 2.45) is 0 Å². The van der Waals surface area contributed by atoms with Gasteiger partial charge in [-0.15, -0.1) is 0 Å². The highest BCUT2D eigenvalue weighted by molar-refractivity contribution is 5.96. The number of carboxylic acid groups (broad SMARTS) is 1. The second kappa shape index (κ2) is 5.49. The fraction of sp³-hybridized carbons (Fsp3) is 0.0588. The Morgan fingerprint density at radius 1 is 1.17 bits per heavy atom. The lowest BCUT2D eigenvalue weighted by Gasteiger charge is -2.06. The van der Waals surface area contributed by atoms with E-state index >= 15 is 0 Å². The number of methoxy groups -OCH3 is 1. The maximum Gasteiger partial charge on any atom is 0.335 e. The number of carboxylic acids is 1. The summed E-state index contributed by atoms with van der Waals surface area (Å²) in [7, 11) is 1.54. The fourth-order valence-electron chi connectivity index (χ4n) is 2.33. The van der Waals surface area contributed by atoms with Crippen molar-refractivity contribution >= 4 is 16.9 Å². The second-order valence-corrected chi connectivity index (χ2v) is 4.88. The van der Waals surface area contributed by atoms with Gasteiger partial charge in [-0.2, -0.15) is 0 Å². The van der Waals surface area contributed by atoms with Crippen LogP contribution >= 0.6 is 0 Å². The maximum absolute atomic E-state index is 12.6. The molecule has 0 saturated heterocycles. The molecule has 0 aliphatic rings. The Kier molecular flexibility index (Phi) is 3.50. The lowest BCUT2D eigenvalue weighted by molar-refractivity contribution is 0.0696. The zero-order valence-corrected chi connectivity index (χ0v) is 12.1. The van der Waals surface area contributed by atoms with Crippen molar-refractivity contribution in [2.45, 2.75) is 0 Å². The van der Waals surface area contributed by atoms with Crippen LogP contribution in [-0.2, 0) is 0 Å². The van der Waals surface area contributed by atoms with Crippen LogP contribution in [0.1, 0.15) is 10.4 Å². The van der Waals surface area contributed by atoms with Crippen molar-refractivity contribution in [3.05, 3.63) is 58.4 Å². The Hall–Kier alpha value is -3.28. The summed E-state index contributed by atoms with van der Waals surface area (Å²) in [5.41, 5.74) is 0.285. The van der Waals surface area contributed by atoms with Gasteiger partial charge in [0, 0.05) is 0 Å². The standard InChI is InChI=1S/C17H12O6/c1-22-11-4-2-9(3-5-11)12-8-23-14-7-10(17(20)21)6-13(18)15(14)16(12)19/h2-8,18H,1H3,(H,20,21). The van der Waals surface area contributed by atoms with Crippen LogP contribution in [0.15, 0.2) is 51.9 Å². The zero-order chi connectivity index (χ0) is 16.6. The van der Waals surface area contributed by atoms with Gasteiger partial charge < -0.3 is 19.4 Å². The number of fused-ring (bicyclic) bond motifs is 1. The third kappa shape index (κ3) is 2.50. The van der Waals surface area contributed by atoms with Crippen LogP contribution in [0.2, 0.25) is 0 Å². The quantitative estimate of drug-likeness (QED) is 0.772. The number of phenols is 1. The average Bonchev–Trinajstić information content (AvgIpc) is 2.55. The van der Waals surface area contributed by atoms with E-state index in [1.807, 2.05) is 0 Å². The van der Waals surface area contributed by atoms with E-state index in [1.54, 1.807) is 24.3 Å². The number of carbonyl (C=O) groups is 1. The van der Waals surface area contributed by atoms with Gasteiger partial charge >= 0.3 is 5.97 Å². The molecule has 6 nitrogen and oxygen atoms in total. The van der Waals surface area contributed by atoms with Gasteiger partial charge in [-0.1, -0.05) is 12.1 Å². The molecule has 0 atom stereocenters. The highest BCUT2D eigenvalue weighted by Gasteiger charge is 2.16. The number of aromatic carboxylic acids is 1. The molecule has 23 heavy (non-hydrogen) atoms. The van der Waals surface area contributed by atoms with Crippen LogP contribution < -0.4 is 10.2 Å². The molecule has 1 heterocycles. The molecule has 0 amide bonds. The minimum atomic E-state index is -1.22. The average molecular weight is 312 g/mol. The fourth-order valence-corrected chi connectivity index (χ4v) is 2.33. The summed E-state index contributed by atoms with van der Waals surface area (Å²) in [5, 5.41) is 18.9. The van der Waals surface area contributed by atoms with Crippen molar-refractivity contribution in [1.82, 2.24) is 0 Å². The van der Waals surface area contributed by atoms with E-state index in [0.717, 1.165) is 6.07 Å². The molecule has 0 unspecified atom stereocenters. The van der Waals surface area contributed by atoms with Gasteiger partial charge in [-0.05, 0) is 29.8 Å². The second-order valence-electron chi connectivity index (χ2n) is 4.88. The Labute approximate surface area is 130 Å². The first kappa shape index (κ1) is 14.6. The van der Waals surface area contributed by atoms with Gasteiger partial charge in [0.2, 0.25) is 5.43 Å². The third-order valence-corrected chi connectivity index (χ3v) is 3.50. The van der Waals surface area contributed by atoms with Crippen molar-refractivity contribution in [2.75, 3.05) is 7.11 Å². The van der Waals surface area contributed by atoms with E-state index < -0.39 is 17.1 Å². The van der Waals surface area contributed by atoms with Crippen LogP contribution in [0.4, 0.5) is 0 Å². The first-order valence-electron chi connectivity index (χ1n) is 6.67. The summed E-state index contributed by atoms with van der Waals surface area (Å²) < 4.78 is 10.4.